The summed E-state index contributed by atoms with van der Waals surface area (Å²) in [7, 11) is -3.57. The highest BCUT2D eigenvalue weighted by Gasteiger charge is 2.27. The number of nitrogens with zero attached hydrogens (tertiary/aromatic N) is 2. The highest BCUT2D eigenvalue weighted by molar-refractivity contribution is 7.89. The molecule has 0 aromatic heterocycles. The predicted molar refractivity (Wildman–Crippen MR) is 106 cm³/mol. The van der Waals surface area contributed by atoms with Gasteiger partial charge in [-0.25, -0.2) is 17.2 Å². The fraction of sp³-hybridized carbons (Fsp3) is 0.350. The molecule has 0 radical (unpaired) electrons. The van der Waals surface area contributed by atoms with Crippen molar-refractivity contribution in [3.05, 3.63) is 71.3 Å². The van der Waals surface area contributed by atoms with Gasteiger partial charge in [-0.15, -0.1) is 0 Å². The molecule has 1 aliphatic heterocycles. The van der Waals surface area contributed by atoms with E-state index in [2.05, 4.69) is 10.2 Å². The maximum Gasteiger partial charge on any atom is 0.257 e. The van der Waals surface area contributed by atoms with Gasteiger partial charge in [-0.2, -0.15) is 4.31 Å². The van der Waals surface area contributed by atoms with Crippen LogP contribution in [0, 0.1) is 11.6 Å². The topological polar surface area (TPSA) is 69.7 Å². The lowest BCUT2D eigenvalue weighted by molar-refractivity contribution is 0.0947. The maximum atomic E-state index is 13.6. The number of benzene rings is 2. The van der Waals surface area contributed by atoms with Crippen LogP contribution in [-0.2, 0) is 16.6 Å². The van der Waals surface area contributed by atoms with Gasteiger partial charge in [0.1, 0.15) is 17.2 Å². The molecule has 1 aliphatic rings. The van der Waals surface area contributed by atoms with Crippen molar-refractivity contribution in [2.45, 2.75) is 6.54 Å². The molecule has 0 aliphatic carbocycles. The molecule has 2 aromatic rings. The first kappa shape index (κ1) is 21.4. The van der Waals surface area contributed by atoms with E-state index in [1.807, 2.05) is 30.3 Å². The first-order chi connectivity index (χ1) is 13.9. The molecule has 0 saturated carbocycles. The van der Waals surface area contributed by atoms with Crippen LogP contribution < -0.4 is 5.32 Å². The number of halogens is 2. The summed E-state index contributed by atoms with van der Waals surface area (Å²) < 4.78 is 53.6. The molecule has 0 atom stereocenters. The van der Waals surface area contributed by atoms with Crippen LogP contribution in [0.15, 0.2) is 48.5 Å². The molecule has 29 heavy (non-hydrogen) atoms. The van der Waals surface area contributed by atoms with Gasteiger partial charge in [0.25, 0.3) is 5.91 Å². The van der Waals surface area contributed by atoms with Gasteiger partial charge >= 0.3 is 0 Å². The molecule has 1 saturated heterocycles. The Balaban J connectivity index is 1.47. The number of rotatable bonds is 7. The van der Waals surface area contributed by atoms with Gasteiger partial charge in [-0.05, 0) is 17.7 Å². The van der Waals surface area contributed by atoms with Gasteiger partial charge in [0.15, 0.2) is 0 Å². The molecule has 1 amide bonds. The molecule has 156 valence electrons. The van der Waals surface area contributed by atoms with E-state index in [1.165, 1.54) is 9.87 Å². The lowest BCUT2D eigenvalue weighted by atomic mass is 10.2. The smallest absolute Gasteiger partial charge is 0.257 e. The van der Waals surface area contributed by atoms with Crippen molar-refractivity contribution in [2.24, 2.45) is 0 Å². The number of carbonyl (C=O) groups is 1. The number of hydrogen-bond acceptors (Lipinski definition) is 4. The minimum Gasteiger partial charge on any atom is -0.351 e. The van der Waals surface area contributed by atoms with Crippen molar-refractivity contribution >= 4 is 15.9 Å². The summed E-state index contributed by atoms with van der Waals surface area (Å²) in [5, 5.41) is 2.28. The highest BCUT2D eigenvalue weighted by Crippen LogP contribution is 2.13. The Bertz CT molecular complexity index is 926. The zero-order valence-electron chi connectivity index (χ0n) is 15.9. The third-order valence-corrected chi connectivity index (χ3v) is 6.68. The molecule has 0 unspecified atom stereocenters. The maximum absolute atomic E-state index is 13.6. The number of hydrogen-bond donors (Lipinski definition) is 1. The molecule has 0 bridgehead atoms. The van der Waals surface area contributed by atoms with E-state index >= 15 is 0 Å². The van der Waals surface area contributed by atoms with Gasteiger partial charge in [-0.3, -0.25) is 9.69 Å². The van der Waals surface area contributed by atoms with Gasteiger partial charge < -0.3 is 5.32 Å². The molecule has 9 heteroatoms. The fourth-order valence-electron chi connectivity index (χ4n) is 3.23. The number of piperazine rings is 1. The summed E-state index contributed by atoms with van der Waals surface area (Å²) in [6, 6.07) is 13.1. The van der Waals surface area contributed by atoms with Crippen molar-refractivity contribution in [3.8, 4) is 0 Å². The van der Waals surface area contributed by atoms with Crippen LogP contribution in [0.5, 0.6) is 0 Å². The van der Waals surface area contributed by atoms with Crippen LogP contribution >= 0.6 is 0 Å². The Morgan fingerprint density at radius 2 is 1.55 bits per heavy atom. The average Bonchev–Trinajstić information content (AvgIpc) is 2.69. The third kappa shape index (κ3) is 5.59. The molecular formula is C20H23F2N3O3S. The van der Waals surface area contributed by atoms with Gasteiger partial charge in [-0.1, -0.05) is 36.4 Å². The van der Waals surface area contributed by atoms with Crippen molar-refractivity contribution < 1.29 is 22.0 Å². The third-order valence-electron chi connectivity index (χ3n) is 4.81. The van der Waals surface area contributed by atoms with Crippen LogP contribution in [0.3, 0.4) is 0 Å². The first-order valence-electron chi connectivity index (χ1n) is 9.33. The van der Waals surface area contributed by atoms with E-state index in [4.69, 9.17) is 0 Å². The minimum absolute atomic E-state index is 0.223. The van der Waals surface area contributed by atoms with Crippen molar-refractivity contribution in [1.29, 1.82) is 0 Å². The number of nitrogens with one attached hydrogen (secondary N) is 1. The van der Waals surface area contributed by atoms with E-state index in [-0.39, 0.29) is 12.3 Å². The second-order valence-corrected chi connectivity index (χ2v) is 8.92. The van der Waals surface area contributed by atoms with Gasteiger partial charge in [0.05, 0.1) is 5.75 Å². The van der Waals surface area contributed by atoms with E-state index in [0.717, 1.165) is 24.7 Å². The zero-order valence-corrected chi connectivity index (χ0v) is 16.7. The monoisotopic (exact) mass is 423 g/mol. The van der Waals surface area contributed by atoms with Crippen molar-refractivity contribution in [1.82, 2.24) is 14.5 Å². The largest absolute Gasteiger partial charge is 0.351 e. The molecule has 2 aromatic carbocycles. The van der Waals surface area contributed by atoms with Crippen LogP contribution in [0.2, 0.25) is 0 Å². The highest BCUT2D eigenvalue weighted by atomic mass is 32.2. The summed E-state index contributed by atoms with van der Waals surface area (Å²) >= 11 is 0. The Morgan fingerprint density at radius 3 is 2.17 bits per heavy atom. The summed E-state index contributed by atoms with van der Waals surface area (Å²) in [6.07, 6.45) is 0. The number of carbonyl (C=O) groups excluding carboxylic acids is 1. The van der Waals surface area contributed by atoms with Gasteiger partial charge in [0, 0.05) is 39.3 Å². The van der Waals surface area contributed by atoms with E-state index in [9.17, 15) is 22.0 Å². The van der Waals surface area contributed by atoms with Crippen molar-refractivity contribution in [2.75, 3.05) is 38.5 Å². The summed E-state index contributed by atoms with van der Waals surface area (Å²) in [6.45, 7) is 2.50. The number of sulfonamides is 1. The summed E-state index contributed by atoms with van der Waals surface area (Å²) in [5.74, 6) is -3.27. The lowest BCUT2D eigenvalue weighted by Crippen LogP contribution is -2.49. The van der Waals surface area contributed by atoms with E-state index in [1.54, 1.807) is 0 Å². The Morgan fingerprint density at radius 1 is 0.931 bits per heavy atom. The van der Waals surface area contributed by atoms with E-state index < -0.39 is 33.1 Å². The second kappa shape index (κ2) is 9.43. The first-order valence-corrected chi connectivity index (χ1v) is 10.9. The molecule has 1 fully saturated rings. The van der Waals surface area contributed by atoms with E-state index in [0.29, 0.717) is 26.2 Å². The normalized spacial score (nSPS) is 15.9. The van der Waals surface area contributed by atoms with Gasteiger partial charge in [0.2, 0.25) is 10.0 Å². The fourth-order valence-corrected chi connectivity index (χ4v) is 4.57. The SMILES string of the molecule is O=C(NCCS(=O)(=O)N1CCN(Cc2ccccc2)CC1)c1c(F)cccc1F. The Kier molecular flexibility index (Phi) is 6.94. The standard InChI is InChI=1S/C20H23F2N3O3S/c21-17-7-4-8-18(22)19(17)20(26)23-9-14-29(27,28)25-12-10-24(11-13-25)15-16-5-2-1-3-6-16/h1-8H,9-15H2,(H,23,26). The molecular weight excluding hydrogens is 400 g/mol. The summed E-state index contributed by atoms with van der Waals surface area (Å²) in [4.78, 5) is 14.1. The lowest BCUT2D eigenvalue weighted by Gasteiger charge is -2.34. The van der Waals surface area contributed by atoms with Crippen LogP contribution in [0.1, 0.15) is 15.9 Å². The minimum atomic E-state index is -3.57. The average molecular weight is 423 g/mol. The summed E-state index contributed by atoms with van der Waals surface area (Å²) in [5.41, 5.74) is 0.464. The number of amides is 1. The second-order valence-electron chi connectivity index (χ2n) is 6.83. The Hall–Kier alpha value is -2.36. The molecule has 0 spiro atoms. The van der Waals surface area contributed by atoms with Crippen LogP contribution in [0.4, 0.5) is 8.78 Å². The predicted octanol–water partition coefficient (Wildman–Crippen LogP) is 1.84. The Labute approximate surface area is 169 Å². The molecule has 3 rings (SSSR count). The van der Waals surface area contributed by atoms with Crippen molar-refractivity contribution in [3.63, 3.8) is 0 Å². The molecule has 1 N–H and O–H groups in total. The quantitative estimate of drug-likeness (QED) is 0.738. The van der Waals surface area contributed by atoms with Crippen LogP contribution in [-0.4, -0.2) is 62.0 Å². The van der Waals surface area contributed by atoms with Crippen LogP contribution in [0.25, 0.3) is 0 Å². The zero-order chi connectivity index (χ0) is 20.9. The molecule has 6 nitrogen and oxygen atoms in total. The molecule has 1 heterocycles.